The second-order valence-corrected chi connectivity index (χ2v) is 16.0. The number of hydrogen-bond donors (Lipinski definition) is 2. The first-order chi connectivity index (χ1) is 20.0. The fourth-order valence-electron chi connectivity index (χ4n) is 11.3. The van der Waals surface area contributed by atoms with Crippen molar-refractivity contribution in [3.63, 3.8) is 0 Å². The van der Waals surface area contributed by atoms with Crippen molar-refractivity contribution in [2.45, 2.75) is 99.7 Å². The van der Waals surface area contributed by atoms with E-state index in [1.54, 1.807) is 0 Å². The van der Waals surface area contributed by atoms with Crippen molar-refractivity contribution in [1.82, 2.24) is 5.32 Å². The van der Waals surface area contributed by atoms with E-state index in [1.165, 1.54) is 6.92 Å². The highest BCUT2D eigenvalue weighted by Gasteiger charge is 2.74. The van der Waals surface area contributed by atoms with Gasteiger partial charge in [0.2, 0.25) is 0 Å². The molecule has 3 saturated carbocycles. The van der Waals surface area contributed by atoms with Gasteiger partial charge in [0.1, 0.15) is 12.2 Å². The monoisotopic (exact) mass is 601 g/mol. The molecule has 2 bridgehead atoms. The molecule has 43 heavy (non-hydrogen) atoms. The van der Waals surface area contributed by atoms with Gasteiger partial charge in [0.05, 0.1) is 25.7 Å². The summed E-state index contributed by atoms with van der Waals surface area (Å²) in [5.41, 5.74) is -1.81. The Morgan fingerprint density at radius 2 is 1.81 bits per heavy atom. The molecule has 4 fully saturated rings. The summed E-state index contributed by atoms with van der Waals surface area (Å²) in [5.74, 6) is -1.32. The molecule has 8 nitrogen and oxygen atoms in total. The van der Waals surface area contributed by atoms with Crippen LogP contribution in [0.4, 0.5) is 0 Å². The first-order valence-electron chi connectivity index (χ1n) is 16.5. The minimum atomic E-state index is -1.03. The van der Waals surface area contributed by atoms with Crippen molar-refractivity contribution >= 4 is 17.7 Å². The number of fused-ring (bicyclic) bond motifs is 3. The quantitative estimate of drug-likeness (QED) is 0.285. The largest absolute Gasteiger partial charge is 0.481 e. The molecule has 0 radical (unpaired) electrons. The van der Waals surface area contributed by atoms with Gasteiger partial charge in [0.15, 0.2) is 5.78 Å². The Balaban J connectivity index is 1.63. The van der Waals surface area contributed by atoms with Crippen LogP contribution in [0.1, 0.15) is 87.5 Å². The molecule has 5 rings (SSSR count). The van der Waals surface area contributed by atoms with Gasteiger partial charge >= 0.3 is 11.9 Å². The predicted molar refractivity (Wildman–Crippen MR) is 163 cm³/mol. The molecule has 0 spiro atoms. The van der Waals surface area contributed by atoms with Crippen molar-refractivity contribution in [2.24, 2.45) is 56.7 Å². The fraction of sp³-hybridized carbons (Fsp3) is 0.857. The lowest BCUT2D eigenvalue weighted by Crippen LogP contribution is -2.71. The predicted octanol–water partition coefficient (Wildman–Crippen LogP) is 5.29. The van der Waals surface area contributed by atoms with Gasteiger partial charge in [-0.15, -0.1) is 0 Å². The molecule has 5 aliphatic rings. The highest BCUT2D eigenvalue weighted by Crippen LogP contribution is 2.74. The zero-order valence-electron chi connectivity index (χ0n) is 27.9. The van der Waals surface area contributed by atoms with Crippen LogP contribution < -0.4 is 5.32 Å². The number of esters is 1. The molecule has 0 amide bonds. The fourth-order valence-corrected chi connectivity index (χ4v) is 11.3. The summed E-state index contributed by atoms with van der Waals surface area (Å²) in [7, 11) is 1.89. The van der Waals surface area contributed by atoms with Crippen LogP contribution >= 0.6 is 0 Å². The van der Waals surface area contributed by atoms with Crippen LogP contribution in [0.5, 0.6) is 0 Å². The van der Waals surface area contributed by atoms with Crippen molar-refractivity contribution in [3.05, 3.63) is 11.6 Å². The van der Waals surface area contributed by atoms with Crippen LogP contribution in [0.3, 0.4) is 0 Å². The van der Waals surface area contributed by atoms with Crippen molar-refractivity contribution in [3.8, 4) is 0 Å². The van der Waals surface area contributed by atoms with Gasteiger partial charge in [0.25, 0.3) is 0 Å². The highest BCUT2D eigenvalue weighted by atomic mass is 16.6. The van der Waals surface area contributed by atoms with Crippen LogP contribution in [0.15, 0.2) is 11.6 Å². The standard InChI is InChI=1S/C35H55NO7/c1-20(2)21(3)31(5)12-13-33(7)23-10-11-26-32(6)18-41-19-35(26,17-25(43-22(4)37)29(32)42-15-14-36-9)24(23)16-27(38)34(33,8)28(31)30(39)40/h16,20-21,23,25-26,28-29,36H,10-15,17-19H2,1-9H3,(H,39,40)/t21-,23+,25-,26+,28-,29+,31-,32-,33-,34+,35+/m1/s1. The molecule has 0 aromatic carbocycles. The molecule has 242 valence electrons. The number of nitrogens with one attached hydrogen (secondary N) is 1. The maximum atomic E-state index is 14.7. The Kier molecular flexibility index (Phi) is 8.30. The lowest BCUT2D eigenvalue weighted by molar-refractivity contribution is -0.265. The number of carbonyl (C=O) groups excluding carboxylic acids is 2. The van der Waals surface area contributed by atoms with Gasteiger partial charge in [-0.3, -0.25) is 14.4 Å². The minimum absolute atomic E-state index is 0.0536. The van der Waals surface area contributed by atoms with Crippen LogP contribution in [-0.2, 0) is 28.6 Å². The van der Waals surface area contributed by atoms with E-state index in [2.05, 4.69) is 46.9 Å². The Bertz CT molecular complexity index is 1180. The van der Waals surface area contributed by atoms with Gasteiger partial charge in [-0.25, -0.2) is 0 Å². The number of carboxylic acids is 1. The SMILES string of the molecule is CNCCO[C@H]1[C@H](OC(C)=O)C[C@@]23COC[C@]1(C)[C@@H]2CC[C@H]1C3=CC(=O)[C@@]2(C)[C@H](C(=O)O)[C@@](C)([C@H](C)C(C)C)CC[C@]12C. The van der Waals surface area contributed by atoms with Crippen LogP contribution in [0, 0.1) is 56.7 Å². The summed E-state index contributed by atoms with van der Waals surface area (Å²) < 4.78 is 19.0. The van der Waals surface area contributed by atoms with Gasteiger partial charge in [0, 0.05) is 29.7 Å². The molecule has 1 heterocycles. The zero-order valence-corrected chi connectivity index (χ0v) is 27.9. The number of ketones is 1. The van der Waals surface area contributed by atoms with Crippen LogP contribution in [0.25, 0.3) is 0 Å². The van der Waals surface area contributed by atoms with Gasteiger partial charge in [-0.1, -0.05) is 54.0 Å². The lowest BCUT2D eigenvalue weighted by Gasteiger charge is -2.70. The molecule has 4 aliphatic carbocycles. The molecule has 0 aromatic rings. The normalized spacial score (nSPS) is 46.2. The van der Waals surface area contributed by atoms with Crippen molar-refractivity contribution < 1.29 is 33.7 Å². The molecule has 1 aliphatic heterocycles. The third-order valence-electron chi connectivity index (χ3n) is 13.9. The van der Waals surface area contributed by atoms with E-state index in [9.17, 15) is 19.5 Å². The summed E-state index contributed by atoms with van der Waals surface area (Å²) in [6.07, 6.45) is 5.04. The first kappa shape index (κ1) is 32.6. The van der Waals surface area contributed by atoms with E-state index in [0.29, 0.717) is 38.7 Å². The molecular weight excluding hydrogens is 546 g/mol. The number of ether oxygens (including phenoxy) is 3. The molecule has 11 atom stereocenters. The van der Waals surface area contributed by atoms with E-state index in [1.807, 2.05) is 20.0 Å². The third kappa shape index (κ3) is 4.43. The summed E-state index contributed by atoms with van der Waals surface area (Å²) in [6.45, 7) is 18.6. The maximum absolute atomic E-state index is 14.7. The molecular formula is C35H55NO7. The topological polar surface area (TPSA) is 111 Å². The summed E-state index contributed by atoms with van der Waals surface area (Å²) >= 11 is 0. The number of rotatable bonds is 8. The Morgan fingerprint density at radius 1 is 1.12 bits per heavy atom. The molecule has 8 heteroatoms. The smallest absolute Gasteiger partial charge is 0.308 e. The molecule has 0 unspecified atom stereocenters. The third-order valence-corrected chi connectivity index (χ3v) is 13.9. The Hall–Kier alpha value is -1.77. The molecule has 1 saturated heterocycles. The van der Waals surface area contributed by atoms with Gasteiger partial charge in [-0.05, 0) is 79.7 Å². The van der Waals surface area contributed by atoms with E-state index in [4.69, 9.17) is 14.2 Å². The van der Waals surface area contributed by atoms with E-state index in [0.717, 1.165) is 31.3 Å². The first-order valence-corrected chi connectivity index (χ1v) is 16.5. The van der Waals surface area contributed by atoms with Gasteiger partial charge < -0.3 is 24.6 Å². The summed E-state index contributed by atoms with van der Waals surface area (Å²) in [4.78, 5) is 40.4. The number of aliphatic carboxylic acids is 1. The number of carboxylic acid groups (broad SMARTS) is 1. The second kappa shape index (κ2) is 10.9. The number of likely N-dealkylation sites (N-methyl/N-ethyl adjacent to an activating group) is 1. The minimum Gasteiger partial charge on any atom is -0.481 e. The molecule has 2 N–H and O–H groups in total. The Labute approximate surface area is 258 Å². The average molecular weight is 602 g/mol. The van der Waals surface area contributed by atoms with Gasteiger partial charge in [-0.2, -0.15) is 0 Å². The van der Waals surface area contributed by atoms with Crippen molar-refractivity contribution in [1.29, 1.82) is 0 Å². The zero-order chi connectivity index (χ0) is 31.8. The van der Waals surface area contributed by atoms with E-state index in [-0.39, 0.29) is 35.6 Å². The number of allylic oxidation sites excluding steroid dienone is 1. The highest BCUT2D eigenvalue weighted by molar-refractivity contribution is 6.00. The summed E-state index contributed by atoms with van der Waals surface area (Å²) in [6, 6.07) is 0. The lowest BCUT2D eigenvalue weighted by atomic mass is 9.34. The van der Waals surface area contributed by atoms with Crippen molar-refractivity contribution in [2.75, 3.05) is 33.4 Å². The van der Waals surface area contributed by atoms with Crippen LogP contribution in [0.2, 0.25) is 0 Å². The Morgan fingerprint density at radius 3 is 2.42 bits per heavy atom. The summed E-state index contributed by atoms with van der Waals surface area (Å²) in [5, 5.41) is 14.0. The molecule has 0 aromatic heterocycles. The number of carbonyl (C=O) groups is 3. The average Bonchev–Trinajstić information content (AvgIpc) is 2.91. The number of hydrogen-bond acceptors (Lipinski definition) is 7. The second-order valence-electron chi connectivity index (χ2n) is 16.0. The van der Waals surface area contributed by atoms with Crippen LogP contribution in [-0.4, -0.2) is 68.4 Å². The van der Waals surface area contributed by atoms with E-state index >= 15 is 0 Å². The van der Waals surface area contributed by atoms with E-state index < -0.39 is 45.1 Å². The maximum Gasteiger partial charge on any atom is 0.308 e.